The number of benzene rings is 2. The fourth-order valence-corrected chi connectivity index (χ4v) is 4.30. The van der Waals surface area contributed by atoms with Crippen molar-refractivity contribution in [1.82, 2.24) is 4.90 Å². The van der Waals surface area contributed by atoms with E-state index in [2.05, 4.69) is 4.18 Å². The second kappa shape index (κ2) is 9.09. The molecular formula is C23H26F3NO6S. The lowest BCUT2D eigenvalue weighted by Crippen LogP contribution is -2.44. The Kier molecular flexibility index (Phi) is 6.89. The van der Waals surface area contributed by atoms with Crippen molar-refractivity contribution in [3.05, 3.63) is 41.5 Å². The molecule has 0 aliphatic carbocycles. The van der Waals surface area contributed by atoms with Gasteiger partial charge in [0.1, 0.15) is 11.4 Å². The molecule has 1 heterocycles. The Labute approximate surface area is 195 Å². The number of amides is 1. The molecule has 2 aromatic carbocycles. The third-order valence-corrected chi connectivity index (χ3v) is 6.42. The third-order valence-electron chi connectivity index (χ3n) is 5.45. The minimum absolute atomic E-state index is 0.159. The summed E-state index contributed by atoms with van der Waals surface area (Å²) < 4.78 is 70.4. The highest BCUT2D eigenvalue weighted by Gasteiger charge is 2.48. The van der Waals surface area contributed by atoms with Gasteiger partial charge in [0.05, 0.1) is 0 Å². The Morgan fingerprint density at radius 1 is 1.09 bits per heavy atom. The van der Waals surface area contributed by atoms with Crippen LogP contribution in [0.4, 0.5) is 18.0 Å². The van der Waals surface area contributed by atoms with Crippen LogP contribution in [0.2, 0.25) is 0 Å². The monoisotopic (exact) mass is 501 g/mol. The Morgan fingerprint density at radius 3 is 2.38 bits per heavy atom. The van der Waals surface area contributed by atoms with Gasteiger partial charge in [-0.05, 0) is 63.4 Å². The van der Waals surface area contributed by atoms with Gasteiger partial charge < -0.3 is 13.8 Å². The summed E-state index contributed by atoms with van der Waals surface area (Å²) in [4.78, 5) is 27.1. The molecule has 0 spiro atoms. The SMILES string of the molecule is Cc1c(OS(=O)(=O)C(F)(F)F)ccc2cc(C(=O)C3CCCN(C(=O)OC(C)(C)C)C3)ccc12. The maximum Gasteiger partial charge on any atom is 0.534 e. The zero-order valence-electron chi connectivity index (χ0n) is 19.2. The van der Waals surface area contributed by atoms with Crippen molar-refractivity contribution in [3.8, 4) is 5.75 Å². The van der Waals surface area contributed by atoms with Crippen molar-refractivity contribution >= 4 is 32.8 Å². The number of carbonyl (C=O) groups is 2. The first-order valence-corrected chi connectivity index (χ1v) is 12.1. The summed E-state index contributed by atoms with van der Waals surface area (Å²) in [6.07, 6.45) is 0.786. The molecule has 0 aromatic heterocycles. The number of ketones is 1. The van der Waals surface area contributed by atoms with Crippen LogP contribution in [-0.4, -0.2) is 49.4 Å². The van der Waals surface area contributed by atoms with E-state index >= 15 is 0 Å². The molecular weight excluding hydrogens is 475 g/mol. The normalized spacial score (nSPS) is 17.5. The molecule has 2 aromatic rings. The summed E-state index contributed by atoms with van der Waals surface area (Å²) in [5.41, 5.74) is -5.61. The zero-order chi connectivity index (χ0) is 25.5. The summed E-state index contributed by atoms with van der Waals surface area (Å²) in [6.45, 7) is 7.47. The molecule has 0 saturated carbocycles. The standard InChI is InChI=1S/C23H26F3NO6S/c1-14-18-9-7-16(12-15(18)8-10-19(14)33-34(30,31)23(24,25)26)20(28)17-6-5-11-27(13-17)21(29)32-22(2,3)4/h7-10,12,17H,5-6,11,13H2,1-4H3. The molecule has 1 amide bonds. The highest BCUT2D eigenvalue weighted by molar-refractivity contribution is 7.88. The van der Waals surface area contributed by atoms with Crippen LogP contribution in [0.3, 0.4) is 0 Å². The van der Waals surface area contributed by atoms with E-state index in [-0.39, 0.29) is 17.9 Å². The summed E-state index contributed by atoms with van der Waals surface area (Å²) >= 11 is 0. The fraction of sp³-hybridized carbons (Fsp3) is 0.478. The minimum Gasteiger partial charge on any atom is -0.444 e. The van der Waals surface area contributed by atoms with Crippen LogP contribution in [-0.2, 0) is 14.9 Å². The van der Waals surface area contributed by atoms with Crippen LogP contribution >= 0.6 is 0 Å². The lowest BCUT2D eigenvalue weighted by molar-refractivity contribution is -0.0500. The van der Waals surface area contributed by atoms with E-state index in [1.54, 1.807) is 32.9 Å². The van der Waals surface area contributed by atoms with Gasteiger partial charge in [0.15, 0.2) is 5.78 Å². The smallest absolute Gasteiger partial charge is 0.444 e. The van der Waals surface area contributed by atoms with Gasteiger partial charge in [-0.1, -0.05) is 18.2 Å². The van der Waals surface area contributed by atoms with Gasteiger partial charge in [-0.15, -0.1) is 0 Å². The molecule has 7 nitrogen and oxygen atoms in total. The number of halogens is 3. The number of carbonyl (C=O) groups excluding carboxylic acids is 2. The number of nitrogens with zero attached hydrogens (tertiary/aromatic N) is 1. The molecule has 1 unspecified atom stereocenters. The number of Topliss-reactive ketones (excluding diaryl/α,β-unsaturated/α-hetero) is 1. The Balaban J connectivity index is 1.81. The van der Waals surface area contributed by atoms with E-state index in [4.69, 9.17) is 4.74 Å². The number of hydrogen-bond acceptors (Lipinski definition) is 6. The number of hydrogen-bond donors (Lipinski definition) is 0. The minimum atomic E-state index is -5.80. The first kappa shape index (κ1) is 25.8. The van der Waals surface area contributed by atoms with E-state index in [9.17, 15) is 31.2 Å². The molecule has 3 rings (SSSR count). The number of rotatable bonds is 4. The molecule has 1 saturated heterocycles. The van der Waals surface area contributed by atoms with E-state index in [1.807, 2.05) is 0 Å². The number of aryl methyl sites for hydroxylation is 1. The molecule has 1 fully saturated rings. The molecule has 0 bridgehead atoms. The van der Waals surface area contributed by atoms with Gasteiger partial charge in [0.2, 0.25) is 0 Å². The molecule has 34 heavy (non-hydrogen) atoms. The van der Waals surface area contributed by atoms with Gasteiger partial charge >= 0.3 is 21.7 Å². The predicted molar refractivity (Wildman–Crippen MR) is 119 cm³/mol. The lowest BCUT2D eigenvalue weighted by Gasteiger charge is -2.33. The molecule has 186 valence electrons. The van der Waals surface area contributed by atoms with Crippen molar-refractivity contribution in [2.24, 2.45) is 5.92 Å². The predicted octanol–water partition coefficient (Wildman–Crippen LogP) is 5.21. The summed E-state index contributed by atoms with van der Waals surface area (Å²) in [6, 6.07) is 7.19. The molecule has 1 aliphatic rings. The lowest BCUT2D eigenvalue weighted by atomic mass is 9.89. The highest BCUT2D eigenvalue weighted by atomic mass is 32.2. The van der Waals surface area contributed by atoms with E-state index in [0.717, 1.165) is 6.07 Å². The topological polar surface area (TPSA) is 90.0 Å². The third kappa shape index (κ3) is 5.63. The molecule has 11 heteroatoms. The van der Waals surface area contributed by atoms with Crippen LogP contribution in [0.25, 0.3) is 10.8 Å². The quantitative estimate of drug-likeness (QED) is 0.325. The van der Waals surface area contributed by atoms with E-state index in [1.165, 1.54) is 24.0 Å². The molecule has 0 N–H and O–H groups in total. The van der Waals surface area contributed by atoms with Crippen LogP contribution in [0.1, 0.15) is 49.5 Å². The first-order valence-electron chi connectivity index (χ1n) is 10.7. The molecule has 1 atom stereocenters. The number of alkyl halides is 3. The van der Waals surface area contributed by atoms with Crippen LogP contribution in [0, 0.1) is 12.8 Å². The van der Waals surface area contributed by atoms with Crippen LogP contribution in [0.5, 0.6) is 5.75 Å². The average Bonchev–Trinajstić information content (AvgIpc) is 2.73. The summed E-state index contributed by atoms with van der Waals surface area (Å²) in [7, 11) is -5.80. The van der Waals surface area contributed by atoms with Crippen molar-refractivity contribution < 1.29 is 40.1 Å². The number of likely N-dealkylation sites (tertiary alicyclic amines) is 1. The maximum absolute atomic E-state index is 13.1. The van der Waals surface area contributed by atoms with E-state index < -0.39 is 39.0 Å². The maximum atomic E-state index is 13.1. The Bertz CT molecular complexity index is 1220. The number of fused-ring (bicyclic) bond motifs is 1. The van der Waals surface area contributed by atoms with Gasteiger partial charge in [-0.3, -0.25) is 4.79 Å². The fourth-order valence-electron chi connectivity index (χ4n) is 3.79. The van der Waals surface area contributed by atoms with Crippen molar-refractivity contribution in [2.75, 3.05) is 13.1 Å². The number of piperidine rings is 1. The van der Waals surface area contributed by atoms with Crippen molar-refractivity contribution in [1.29, 1.82) is 0 Å². The molecule has 1 aliphatic heterocycles. The zero-order valence-corrected chi connectivity index (χ0v) is 20.0. The van der Waals surface area contributed by atoms with Gasteiger partial charge in [0.25, 0.3) is 0 Å². The second-order valence-corrected chi connectivity index (χ2v) is 10.8. The Hall–Kier alpha value is -2.82. The second-order valence-electron chi connectivity index (χ2n) is 9.24. The van der Waals surface area contributed by atoms with Gasteiger partial charge in [-0.2, -0.15) is 21.6 Å². The van der Waals surface area contributed by atoms with Crippen LogP contribution < -0.4 is 4.18 Å². The summed E-state index contributed by atoms with van der Waals surface area (Å²) in [5.74, 6) is -1.02. The van der Waals surface area contributed by atoms with E-state index in [0.29, 0.717) is 35.7 Å². The average molecular weight is 502 g/mol. The van der Waals surface area contributed by atoms with Gasteiger partial charge in [0, 0.05) is 30.1 Å². The highest BCUT2D eigenvalue weighted by Crippen LogP contribution is 2.33. The first-order chi connectivity index (χ1) is 15.6. The Morgan fingerprint density at radius 2 is 1.76 bits per heavy atom. The van der Waals surface area contributed by atoms with Crippen molar-refractivity contribution in [2.45, 2.75) is 51.6 Å². The number of ether oxygens (including phenoxy) is 1. The largest absolute Gasteiger partial charge is 0.534 e. The van der Waals surface area contributed by atoms with Crippen molar-refractivity contribution in [3.63, 3.8) is 0 Å². The van der Waals surface area contributed by atoms with Gasteiger partial charge in [-0.25, -0.2) is 4.79 Å². The molecule has 0 radical (unpaired) electrons. The summed E-state index contributed by atoms with van der Waals surface area (Å²) in [5, 5.41) is 0.991. The van der Waals surface area contributed by atoms with Crippen LogP contribution in [0.15, 0.2) is 30.3 Å².